The molecule has 29 heavy (non-hydrogen) atoms. The molecule has 0 spiro atoms. The topological polar surface area (TPSA) is 99.1 Å². The van der Waals surface area contributed by atoms with Crippen molar-refractivity contribution >= 4 is 17.9 Å². The predicted molar refractivity (Wildman–Crippen MR) is 108 cm³/mol. The van der Waals surface area contributed by atoms with Gasteiger partial charge in [-0.05, 0) is 37.5 Å². The molecule has 1 aromatic rings. The van der Waals surface area contributed by atoms with E-state index in [2.05, 4.69) is 17.9 Å². The highest BCUT2D eigenvalue weighted by Gasteiger charge is 2.30. The molecule has 0 bridgehead atoms. The highest BCUT2D eigenvalue weighted by molar-refractivity contribution is 5.90. The molecule has 0 aliphatic carbocycles. The normalized spacial score (nSPS) is 15.5. The Morgan fingerprint density at radius 2 is 1.72 bits per heavy atom. The fourth-order valence-corrected chi connectivity index (χ4v) is 2.19. The van der Waals surface area contributed by atoms with E-state index in [1.165, 1.54) is 13.0 Å². The van der Waals surface area contributed by atoms with Crippen LogP contribution in [0.2, 0.25) is 0 Å². The number of ether oxygens (including phenoxy) is 3. The molecule has 1 saturated heterocycles. The van der Waals surface area contributed by atoms with Gasteiger partial charge < -0.3 is 19.3 Å². The first-order chi connectivity index (χ1) is 13.3. The fourth-order valence-electron chi connectivity index (χ4n) is 2.19. The van der Waals surface area contributed by atoms with E-state index in [1.54, 1.807) is 19.1 Å². The summed E-state index contributed by atoms with van der Waals surface area (Å²) in [6.07, 6.45) is -0.285. The summed E-state index contributed by atoms with van der Waals surface area (Å²) in [7, 11) is 0. The van der Waals surface area contributed by atoms with Crippen molar-refractivity contribution in [3.05, 3.63) is 48.1 Å². The Bertz CT molecular complexity index is 815. The zero-order chi connectivity index (χ0) is 22.4. The summed E-state index contributed by atoms with van der Waals surface area (Å²) >= 11 is 0. The first-order valence-electron chi connectivity index (χ1n) is 9.07. The number of hydrogen-bond acceptors (Lipinski definition) is 7. The molecule has 0 amide bonds. The minimum atomic E-state index is -0.728. The van der Waals surface area contributed by atoms with Crippen LogP contribution in [0.15, 0.2) is 42.5 Å². The zero-order valence-corrected chi connectivity index (χ0v) is 17.5. The molecule has 1 atom stereocenters. The van der Waals surface area contributed by atoms with E-state index in [0.29, 0.717) is 24.4 Å². The van der Waals surface area contributed by atoms with E-state index < -0.39 is 24.0 Å². The average Bonchev–Trinajstić information content (AvgIpc) is 3.00. The Morgan fingerprint density at radius 1 is 1.14 bits per heavy atom. The van der Waals surface area contributed by atoms with Crippen LogP contribution in [0.5, 0.6) is 11.5 Å². The average molecular weight is 404 g/mol. The second-order valence-corrected chi connectivity index (χ2v) is 7.73. The second-order valence-electron chi connectivity index (χ2n) is 7.73. The lowest BCUT2D eigenvalue weighted by Gasteiger charge is -2.21. The third-order valence-corrected chi connectivity index (χ3v) is 3.82. The molecule has 7 nitrogen and oxygen atoms in total. The summed E-state index contributed by atoms with van der Waals surface area (Å²) in [6, 6.07) is 4.77. The summed E-state index contributed by atoms with van der Waals surface area (Å²) in [5.41, 5.74) is 1.16. The van der Waals surface area contributed by atoms with Crippen LogP contribution in [0.25, 0.3) is 0 Å². The Kier molecular flexibility index (Phi) is 8.18. The van der Waals surface area contributed by atoms with E-state index in [1.807, 2.05) is 20.8 Å². The quantitative estimate of drug-likeness (QED) is 0.465. The van der Waals surface area contributed by atoms with Crippen molar-refractivity contribution in [1.82, 2.24) is 0 Å². The predicted octanol–water partition coefficient (Wildman–Crippen LogP) is 3.59. The zero-order valence-electron chi connectivity index (χ0n) is 17.5. The van der Waals surface area contributed by atoms with Crippen molar-refractivity contribution in [3.63, 3.8) is 0 Å². The van der Waals surface area contributed by atoms with Crippen LogP contribution in [0.3, 0.4) is 0 Å². The summed E-state index contributed by atoms with van der Waals surface area (Å²) in [5.74, 6) is -0.854. The summed E-state index contributed by atoms with van der Waals surface area (Å²) in [6.45, 7) is 16.3. The van der Waals surface area contributed by atoms with Gasteiger partial charge in [0.05, 0.1) is 6.61 Å². The van der Waals surface area contributed by atoms with Crippen molar-refractivity contribution in [1.29, 1.82) is 0 Å². The lowest BCUT2D eigenvalue weighted by molar-refractivity contribution is -0.157. The maximum Gasteiger partial charge on any atom is 0.347 e. The van der Waals surface area contributed by atoms with Gasteiger partial charge in [0.2, 0.25) is 6.10 Å². The Hall–Kier alpha value is -3.09. The number of esters is 3. The fraction of sp³-hybridized carbons (Fsp3) is 0.409. The van der Waals surface area contributed by atoms with Gasteiger partial charge in [-0.1, -0.05) is 33.9 Å². The van der Waals surface area contributed by atoms with E-state index in [0.717, 1.165) is 5.56 Å². The largest absolute Gasteiger partial charge is 0.508 e. The number of carbonyl (C=O) groups excluding carboxylic acids is 3. The minimum absolute atomic E-state index is 0.202. The number of cyclic esters (lactones) is 1. The first kappa shape index (κ1) is 23.9. The van der Waals surface area contributed by atoms with E-state index in [9.17, 15) is 19.5 Å². The van der Waals surface area contributed by atoms with Gasteiger partial charge in [-0.25, -0.2) is 14.4 Å². The number of benzene rings is 1. The molecule has 2 rings (SSSR count). The van der Waals surface area contributed by atoms with Crippen LogP contribution in [0, 0.1) is 0 Å². The minimum Gasteiger partial charge on any atom is -0.508 e. The third-order valence-electron chi connectivity index (χ3n) is 3.82. The van der Waals surface area contributed by atoms with Gasteiger partial charge in [-0.3, -0.25) is 0 Å². The van der Waals surface area contributed by atoms with Crippen molar-refractivity contribution in [2.45, 2.75) is 52.6 Å². The maximum absolute atomic E-state index is 11.4. The molecule has 158 valence electrons. The maximum atomic E-state index is 11.4. The lowest BCUT2D eigenvalue weighted by Crippen LogP contribution is -2.22. The van der Waals surface area contributed by atoms with Gasteiger partial charge in [-0.2, -0.15) is 0 Å². The smallest absolute Gasteiger partial charge is 0.347 e. The number of aromatic hydroxyl groups is 1. The van der Waals surface area contributed by atoms with Crippen LogP contribution in [0.1, 0.15) is 46.6 Å². The third kappa shape index (κ3) is 7.44. The SMILES string of the molecule is C=C(C)C(=O)OC1CCOC1=O.C=C(C)C(=O)Oc1ccc(O)c(C(C)(C)C)c1. The second kappa shape index (κ2) is 9.91. The molecule has 1 fully saturated rings. The molecule has 0 saturated carbocycles. The Labute approximate surface area is 171 Å². The van der Waals surface area contributed by atoms with Gasteiger partial charge in [0, 0.05) is 23.1 Å². The van der Waals surface area contributed by atoms with Gasteiger partial charge in [0.25, 0.3) is 0 Å². The Morgan fingerprint density at radius 3 is 2.17 bits per heavy atom. The standard InChI is InChI=1S/C14H18O3.C8H10O4/c1-9(2)13(16)17-10-6-7-12(15)11(8-10)14(3,4)5;1-5(2)7(9)12-6-3-4-11-8(6)10/h6-8,15H,1H2,2-5H3;6H,1,3-4H2,2H3. The van der Waals surface area contributed by atoms with Crippen LogP contribution < -0.4 is 4.74 Å². The first-order valence-corrected chi connectivity index (χ1v) is 9.07. The van der Waals surface area contributed by atoms with E-state index in [4.69, 9.17) is 9.47 Å². The van der Waals surface area contributed by atoms with Crippen LogP contribution >= 0.6 is 0 Å². The van der Waals surface area contributed by atoms with Gasteiger partial charge in [0.1, 0.15) is 11.5 Å². The molecule has 1 heterocycles. The monoisotopic (exact) mass is 404 g/mol. The molecular formula is C22H28O7. The van der Waals surface area contributed by atoms with E-state index in [-0.39, 0.29) is 16.7 Å². The molecule has 1 aliphatic rings. The molecular weight excluding hydrogens is 376 g/mol. The molecule has 1 aromatic carbocycles. The molecule has 0 radical (unpaired) electrons. The van der Waals surface area contributed by atoms with Crippen molar-refractivity contribution in [2.75, 3.05) is 6.61 Å². The van der Waals surface area contributed by atoms with Crippen molar-refractivity contribution < 1.29 is 33.7 Å². The molecule has 0 aromatic heterocycles. The summed E-state index contributed by atoms with van der Waals surface area (Å²) in [4.78, 5) is 33.1. The van der Waals surface area contributed by atoms with Gasteiger partial charge in [0.15, 0.2) is 0 Å². The molecule has 1 unspecified atom stereocenters. The molecule has 7 heteroatoms. The van der Waals surface area contributed by atoms with Crippen LogP contribution in [0.4, 0.5) is 0 Å². The molecule has 1 aliphatic heterocycles. The number of hydrogen-bond donors (Lipinski definition) is 1. The highest BCUT2D eigenvalue weighted by Crippen LogP contribution is 2.33. The van der Waals surface area contributed by atoms with Crippen molar-refractivity contribution in [2.24, 2.45) is 0 Å². The van der Waals surface area contributed by atoms with Gasteiger partial charge in [-0.15, -0.1) is 0 Å². The number of phenols is 1. The summed E-state index contributed by atoms with van der Waals surface area (Å²) < 4.78 is 14.5. The van der Waals surface area contributed by atoms with E-state index >= 15 is 0 Å². The summed E-state index contributed by atoms with van der Waals surface area (Å²) in [5, 5.41) is 9.76. The number of phenolic OH excluding ortho intramolecular Hbond substituents is 1. The van der Waals surface area contributed by atoms with Crippen LogP contribution in [-0.4, -0.2) is 35.7 Å². The number of rotatable bonds is 4. The molecule has 1 N–H and O–H groups in total. The highest BCUT2D eigenvalue weighted by atomic mass is 16.6. The van der Waals surface area contributed by atoms with Gasteiger partial charge >= 0.3 is 17.9 Å². The lowest BCUT2D eigenvalue weighted by atomic mass is 9.86. The Balaban J connectivity index is 0.000000308. The number of carbonyl (C=O) groups is 3. The van der Waals surface area contributed by atoms with Crippen LogP contribution in [-0.2, 0) is 29.3 Å². The van der Waals surface area contributed by atoms with Crippen molar-refractivity contribution in [3.8, 4) is 11.5 Å².